The molecule has 0 aromatic rings. The summed E-state index contributed by atoms with van der Waals surface area (Å²) in [6, 6.07) is 2.57. The highest BCUT2D eigenvalue weighted by atomic mass is 28.4. The van der Waals surface area contributed by atoms with Gasteiger partial charge in [-0.25, -0.2) is 0 Å². The molecule has 3 unspecified atom stereocenters. The first-order chi connectivity index (χ1) is 15.7. The molecule has 0 heterocycles. The summed E-state index contributed by atoms with van der Waals surface area (Å²) in [4.78, 5) is 11.8. The highest BCUT2D eigenvalue weighted by molar-refractivity contribution is 6.74. The van der Waals surface area contributed by atoms with E-state index in [0.717, 1.165) is 38.7 Å². The van der Waals surface area contributed by atoms with E-state index in [1.165, 1.54) is 25.3 Å². The molecule has 0 amide bonds. The average Bonchev–Trinajstić information content (AvgIpc) is 3.02. The molecule has 3 fully saturated rings. The van der Waals surface area contributed by atoms with Crippen LogP contribution in [0.2, 0.25) is 18.1 Å². The van der Waals surface area contributed by atoms with E-state index in [1.807, 2.05) is 0 Å². The molecule has 0 bridgehead atoms. The van der Waals surface area contributed by atoms with Crippen molar-refractivity contribution in [1.82, 2.24) is 0 Å². The van der Waals surface area contributed by atoms with Crippen LogP contribution in [0.25, 0.3) is 0 Å². The summed E-state index contributed by atoms with van der Waals surface area (Å²) in [6.45, 7) is 23.1. The molecule has 0 aromatic heterocycles. The lowest BCUT2D eigenvalue weighted by Gasteiger charge is -2.57. The van der Waals surface area contributed by atoms with Crippen molar-refractivity contribution >= 4 is 14.3 Å². The minimum atomic E-state index is -1.90. The van der Waals surface area contributed by atoms with Crippen molar-refractivity contribution in [2.24, 2.45) is 34.5 Å². The first kappa shape index (κ1) is 27.5. The van der Waals surface area contributed by atoms with Gasteiger partial charge in [0.25, 0.3) is 0 Å². The van der Waals surface area contributed by atoms with E-state index in [9.17, 15) is 10.1 Å². The smallest absolute Gasteiger partial charge is 0.302 e. The topological polar surface area (TPSA) is 59.3 Å². The zero-order valence-corrected chi connectivity index (χ0v) is 24.1. The number of nitriles is 1. The monoisotopic (exact) mass is 487 g/mol. The van der Waals surface area contributed by atoms with Crippen LogP contribution in [-0.2, 0) is 14.0 Å². The molecule has 3 aliphatic carbocycles. The van der Waals surface area contributed by atoms with Crippen molar-refractivity contribution in [3.05, 3.63) is 12.2 Å². The molecular formula is C29H49NO3Si. The number of fused-ring (bicyclic) bond motifs is 1. The van der Waals surface area contributed by atoms with E-state index < -0.39 is 8.32 Å². The first-order valence-corrected chi connectivity index (χ1v) is 16.4. The second kappa shape index (κ2) is 9.73. The van der Waals surface area contributed by atoms with Gasteiger partial charge in [-0.05, 0) is 97.6 Å². The van der Waals surface area contributed by atoms with Crippen LogP contribution in [0.1, 0.15) is 92.9 Å². The SMILES string of the molecule is C=C1CC[C@H]2[C@H](CC#N)[C@@H](C3(C)CCC(OC(C)=O)CC3CO[Si](C)(C)C(C)(C)C)CC[C@]12C. The molecule has 3 rings (SSSR count). The predicted octanol–water partition coefficient (Wildman–Crippen LogP) is 7.66. The Kier molecular flexibility index (Phi) is 7.86. The van der Waals surface area contributed by atoms with Crippen LogP contribution in [0.15, 0.2) is 12.2 Å². The van der Waals surface area contributed by atoms with Crippen LogP contribution in [-0.4, -0.2) is 27.0 Å². The number of nitrogens with zero attached hydrogens (tertiary/aromatic N) is 1. The fourth-order valence-electron chi connectivity index (χ4n) is 7.40. The van der Waals surface area contributed by atoms with Crippen LogP contribution in [0.3, 0.4) is 0 Å². The Bertz CT molecular complexity index is 824. The Hall–Kier alpha value is -1.12. The van der Waals surface area contributed by atoms with Crippen molar-refractivity contribution in [3.8, 4) is 6.07 Å². The van der Waals surface area contributed by atoms with E-state index in [2.05, 4.69) is 60.4 Å². The number of rotatable bonds is 6. The zero-order chi connectivity index (χ0) is 25.5. The number of allylic oxidation sites excluding steroid dienone is 1. The molecule has 7 atom stereocenters. The third-order valence-corrected chi connectivity index (χ3v) is 15.3. The summed E-state index contributed by atoms with van der Waals surface area (Å²) >= 11 is 0. The predicted molar refractivity (Wildman–Crippen MR) is 141 cm³/mol. The van der Waals surface area contributed by atoms with Crippen molar-refractivity contribution in [2.45, 2.75) is 117 Å². The number of hydrogen-bond donors (Lipinski definition) is 0. The van der Waals surface area contributed by atoms with Gasteiger partial charge in [-0.15, -0.1) is 0 Å². The van der Waals surface area contributed by atoms with Crippen molar-refractivity contribution < 1.29 is 14.0 Å². The number of carbonyl (C=O) groups excluding carboxylic acids is 1. The lowest BCUT2D eigenvalue weighted by atomic mass is 9.49. The quantitative estimate of drug-likeness (QED) is 0.219. The van der Waals surface area contributed by atoms with Gasteiger partial charge in [0, 0.05) is 20.0 Å². The molecular weight excluding hydrogens is 438 g/mol. The lowest BCUT2D eigenvalue weighted by Crippen LogP contribution is -2.52. The van der Waals surface area contributed by atoms with Gasteiger partial charge in [0.1, 0.15) is 6.10 Å². The van der Waals surface area contributed by atoms with Crippen LogP contribution in [0.4, 0.5) is 0 Å². The molecule has 0 radical (unpaired) electrons. The molecule has 0 spiro atoms. The number of ether oxygens (including phenoxy) is 1. The Morgan fingerprint density at radius 2 is 1.85 bits per heavy atom. The summed E-state index contributed by atoms with van der Waals surface area (Å²) in [5.41, 5.74) is 1.68. The summed E-state index contributed by atoms with van der Waals surface area (Å²) in [5.74, 6) is 1.62. The van der Waals surface area contributed by atoms with E-state index in [4.69, 9.17) is 9.16 Å². The minimum Gasteiger partial charge on any atom is -0.463 e. The largest absolute Gasteiger partial charge is 0.463 e. The van der Waals surface area contributed by atoms with E-state index in [0.29, 0.717) is 30.1 Å². The molecule has 3 aliphatic rings. The van der Waals surface area contributed by atoms with E-state index in [1.54, 1.807) is 0 Å². The molecule has 0 N–H and O–H groups in total. The highest BCUT2D eigenvalue weighted by Crippen LogP contribution is 2.64. The van der Waals surface area contributed by atoms with Crippen molar-refractivity contribution in [2.75, 3.05) is 6.61 Å². The lowest BCUT2D eigenvalue weighted by molar-refractivity contribution is -0.155. The van der Waals surface area contributed by atoms with Gasteiger partial charge in [0.15, 0.2) is 8.32 Å². The molecule has 0 saturated heterocycles. The van der Waals surface area contributed by atoms with Gasteiger partial charge in [-0.3, -0.25) is 4.79 Å². The van der Waals surface area contributed by atoms with Crippen LogP contribution in [0, 0.1) is 45.8 Å². The summed E-state index contributed by atoms with van der Waals surface area (Å²) < 4.78 is 12.5. The second-order valence-electron chi connectivity index (χ2n) is 13.6. The molecule has 0 aromatic carbocycles. The maximum absolute atomic E-state index is 11.8. The number of esters is 1. The highest BCUT2D eigenvalue weighted by Gasteiger charge is 2.57. The van der Waals surface area contributed by atoms with E-state index >= 15 is 0 Å². The number of carbonyl (C=O) groups is 1. The van der Waals surface area contributed by atoms with Crippen LogP contribution in [0.5, 0.6) is 0 Å². The molecule has 3 saturated carbocycles. The fraction of sp³-hybridized carbons (Fsp3) is 0.862. The minimum absolute atomic E-state index is 0.0203. The molecule has 0 aliphatic heterocycles. The average molecular weight is 488 g/mol. The third-order valence-electron chi connectivity index (χ3n) is 10.8. The zero-order valence-electron chi connectivity index (χ0n) is 23.1. The van der Waals surface area contributed by atoms with Gasteiger partial charge < -0.3 is 9.16 Å². The molecule has 5 heteroatoms. The molecule has 34 heavy (non-hydrogen) atoms. The van der Waals surface area contributed by atoms with Gasteiger partial charge in [-0.1, -0.05) is 46.8 Å². The summed E-state index contributed by atoms with van der Waals surface area (Å²) in [5, 5.41) is 10.0. The summed E-state index contributed by atoms with van der Waals surface area (Å²) in [6.07, 6.45) is 8.06. The Balaban J connectivity index is 1.91. The molecule has 192 valence electrons. The molecule has 4 nitrogen and oxygen atoms in total. The maximum atomic E-state index is 11.8. The Morgan fingerprint density at radius 1 is 1.18 bits per heavy atom. The van der Waals surface area contributed by atoms with Gasteiger partial charge in [-0.2, -0.15) is 5.26 Å². The van der Waals surface area contributed by atoms with Crippen molar-refractivity contribution in [3.63, 3.8) is 0 Å². The van der Waals surface area contributed by atoms with Gasteiger partial charge in [0.2, 0.25) is 0 Å². The summed E-state index contributed by atoms with van der Waals surface area (Å²) in [7, 11) is -1.90. The second-order valence-corrected chi connectivity index (χ2v) is 18.4. The van der Waals surface area contributed by atoms with Gasteiger partial charge in [0.05, 0.1) is 6.07 Å². The normalized spacial score (nSPS) is 38.8. The standard InChI is InChI=1S/C29H49NO3Si/c1-20-10-11-25-24(14-17-30)26(13-16-28(20,25)6)29(7)15-12-23(33-21(2)31)18-22(29)19-32-34(8,9)27(3,4)5/h22-26H,1,10-16,18-19H2,2-9H3/t22?,23?,24-,25-,26-,28+,29?/m0/s1. The first-order valence-electron chi connectivity index (χ1n) is 13.5. The number of hydrogen-bond acceptors (Lipinski definition) is 4. The third kappa shape index (κ3) is 5.05. The Morgan fingerprint density at radius 3 is 2.44 bits per heavy atom. The van der Waals surface area contributed by atoms with Crippen LogP contribution < -0.4 is 0 Å². The van der Waals surface area contributed by atoms with Crippen molar-refractivity contribution in [1.29, 1.82) is 5.26 Å². The van der Waals surface area contributed by atoms with E-state index in [-0.39, 0.29) is 27.9 Å². The maximum Gasteiger partial charge on any atom is 0.302 e. The van der Waals surface area contributed by atoms with Crippen LogP contribution >= 0.6 is 0 Å². The Labute approximate surface area is 210 Å². The van der Waals surface area contributed by atoms with Gasteiger partial charge >= 0.3 is 5.97 Å². The fourth-order valence-corrected chi connectivity index (χ4v) is 8.45.